The Morgan fingerprint density at radius 3 is 2.25 bits per heavy atom. The third kappa shape index (κ3) is 4.07. The first kappa shape index (κ1) is 15.0. The molecule has 110 valence electrons. The predicted octanol–water partition coefficient (Wildman–Crippen LogP) is 2.52. The molecule has 1 aromatic carbocycles. The van der Waals surface area contributed by atoms with Crippen molar-refractivity contribution in [2.75, 3.05) is 33.2 Å². The molecule has 1 aromatic rings. The minimum atomic E-state index is 0.297. The van der Waals surface area contributed by atoms with E-state index in [0.717, 1.165) is 32.6 Å². The Balaban J connectivity index is 1.81. The average Bonchev–Trinajstić information content (AvgIpc) is 2.46. The van der Waals surface area contributed by atoms with Crippen molar-refractivity contribution in [1.82, 2.24) is 9.80 Å². The number of carbonyl (C=O) groups is 1. The maximum absolute atomic E-state index is 12.2. The molecule has 3 heteroatoms. The van der Waals surface area contributed by atoms with Crippen LogP contribution in [0.2, 0.25) is 0 Å². The molecule has 1 amide bonds. The van der Waals surface area contributed by atoms with Gasteiger partial charge >= 0.3 is 0 Å². The van der Waals surface area contributed by atoms with Crippen molar-refractivity contribution in [3.63, 3.8) is 0 Å². The highest BCUT2D eigenvalue weighted by molar-refractivity contribution is 5.76. The first-order valence-corrected chi connectivity index (χ1v) is 7.61. The zero-order valence-electron chi connectivity index (χ0n) is 12.9. The monoisotopic (exact) mass is 274 g/mol. The molecular weight excluding hydrogens is 248 g/mol. The Morgan fingerprint density at radius 2 is 1.70 bits per heavy atom. The highest BCUT2D eigenvalue weighted by atomic mass is 16.2. The fourth-order valence-electron chi connectivity index (χ4n) is 2.53. The van der Waals surface area contributed by atoms with Crippen LogP contribution in [0.15, 0.2) is 24.3 Å². The van der Waals surface area contributed by atoms with Gasteiger partial charge < -0.3 is 9.80 Å². The van der Waals surface area contributed by atoms with E-state index in [9.17, 15) is 4.79 Å². The second kappa shape index (κ2) is 6.89. The van der Waals surface area contributed by atoms with Crippen LogP contribution in [0.3, 0.4) is 0 Å². The number of likely N-dealkylation sites (N-methyl/N-ethyl adjacent to an activating group) is 1. The Hall–Kier alpha value is -1.35. The second-order valence-corrected chi connectivity index (χ2v) is 6.08. The van der Waals surface area contributed by atoms with Crippen LogP contribution in [0.4, 0.5) is 0 Å². The molecule has 2 rings (SSSR count). The van der Waals surface area contributed by atoms with E-state index < -0.39 is 0 Å². The van der Waals surface area contributed by atoms with E-state index in [2.05, 4.69) is 50.1 Å². The summed E-state index contributed by atoms with van der Waals surface area (Å²) < 4.78 is 0. The summed E-state index contributed by atoms with van der Waals surface area (Å²) in [7, 11) is 2.11. The molecule has 0 atom stereocenters. The van der Waals surface area contributed by atoms with Gasteiger partial charge in [-0.2, -0.15) is 0 Å². The van der Waals surface area contributed by atoms with Crippen LogP contribution in [0, 0.1) is 0 Å². The SMILES string of the molecule is CC(C)c1ccc(CCC(=O)N2CCN(C)CC2)cc1. The number of rotatable bonds is 4. The molecular formula is C17H26N2O. The first-order valence-electron chi connectivity index (χ1n) is 7.61. The third-order valence-electron chi connectivity index (χ3n) is 4.13. The minimum absolute atomic E-state index is 0.297. The van der Waals surface area contributed by atoms with Crippen molar-refractivity contribution in [3.05, 3.63) is 35.4 Å². The summed E-state index contributed by atoms with van der Waals surface area (Å²) >= 11 is 0. The van der Waals surface area contributed by atoms with E-state index in [-0.39, 0.29) is 0 Å². The number of nitrogens with zero attached hydrogens (tertiary/aromatic N) is 2. The van der Waals surface area contributed by atoms with E-state index >= 15 is 0 Å². The predicted molar refractivity (Wildman–Crippen MR) is 82.9 cm³/mol. The topological polar surface area (TPSA) is 23.6 Å². The van der Waals surface area contributed by atoms with E-state index in [1.165, 1.54) is 11.1 Å². The smallest absolute Gasteiger partial charge is 0.222 e. The zero-order chi connectivity index (χ0) is 14.5. The van der Waals surface area contributed by atoms with E-state index in [4.69, 9.17) is 0 Å². The summed E-state index contributed by atoms with van der Waals surface area (Å²) in [5.41, 5.74) is 2.62. The van der Waals surface area contributed by atoms with Gasteiger partial charge in [-0.05, 0) is 30.5 Å². The standard InChI is InChI=1S/C17H26N2O/c1-14(2)16-7-4-15(5-8-16)6-9-17(20)19-12-10-18(3)11-13-19/h4-5,7-8,14H,6,9-13H2,1-3H3. The average molecular weight is 274 g/mol. The molecule has 0 aromatic heterocycles. The quantitative estimate of drug-likeness (QED) is 0.842. The number of piperazine rings is 1. The highest BCUT2D eigenvalue weighted by Crippen LogP contribution is 2.15. The summed E-state index contributed by atoms with van der Waals surface area (Å²) in [6.45, 7) is 8.14. The highest BCUT2D eigenvalue weighted by Gasteiger charge is 2.18. The molecule has 20 heavy (non-hydrogen) atoms. The van der Waals surface area contributed by atoms with Crippen LogP contribution in [0.25, 0.3) is 0 Å². The van der Waals surface area contributed by atoms with Gasteiger partial charge in [0.25, 0.3) is 0 Å². The van der Waals surface area contributed by atoms with Crippen molar-refractivity contribution in [1.29, 1.82) is 0 Å². The largest absolute Gasteiger partial charge is 0.340 e. The van der Waals surface area contributed by atoms with Gasteiger partial charge in [0.1, 0.15) is 0 Å². The van der Waals surface area contributed by atoms with Gasteiger partial charge in [0.05, 0.1) is 0 Å². The third-order valence-corrected chi connectivity index (χ3v) is 4.13. The van der Waals surface area contributed by atoms with Crippen molar-refractivity contribution in [2.45, 2.75) is 32.6 Å². The molecule has 1 heterocycles. The number of aryl methyl sites for hydroxylation is 1. The molecule has 0 spiro atoms. The summed E-state index contributed by atoms with van der Waals surface area (Å²) in [4.78, 5) is 16.4. The number of hydrogen-bond acceptors (Lipinski definition) is 2. The van der Waals surface area contributed by atoms with Crippen LogP contribution in [-0.2, 0) is 11.2 Å². The molecule has 0 radical (unpaired) electrons. The Bertz CT molecular complexity index is 431. The minimum Gasteiger partial charge on any atom is -0.340 e. The van der Waals surface area contributed by atoms with Gasteiger partial charge in [-0.15, -0.1) is 0 Å². The van der Waals surface area contributed by atoms with Crippen LogP contribution in [0.5, 0.6) is 0 Å². The van der Waals surface area contributed by atoms with Gasteiger partial charge in [0.2, 0.25) is 5.91 Å². The van der Waals surface area contributed by atoms with Crippen molar-refractivity contribution < 1.29 is 4.79 Å². The molecule has 1 fully saturated rings. The van der Waals surface area contributed by atoms with Gasteiger partial charge in [0.15, 0.2) is 0 Å². The molecule has 0 aliphatic carbocycles. The number of amides is 1. The lowest BCUT2D eigenvalue weighted by Gasteiger charge is -2.32. The van der Waals surface area contributed by atoms with Crippen LogP contribution < -0.4 is 0 Å². The van der Waals surface area contributed by atoms with Gasteiger partial charge in [-0.1, -0.05) is 38.1 Å². The lowest BCUT2D eigenvalue weighted by atomic mass is 10.00. The molecule has 0 unspecified atom stereocenters. The Labute approximate surface area is 122 Å². The normalized spacial score (nSPS) is 16.7. The zero-order valence-corrected chi connectivity index (χ0v) is 12.9. The molecule has 0 bridgehead atoms. The molecule has 1 aliphatic rings. The first-order chi connectivity index (χ1) is 9.56. The number of hydrogen-bond donors (Lipinski definition) is 0. The lowest BCUT2D eigenvalue weighted by Crippen LogP contribution is -2.47. The van der Waals surface area contributed by atoms with E-state index in [1.54, 1.807) is 0 Å². The fraction of sp³-hybridized carbons (Fsp3) is 0.588. The maximum Gasteiger partial charge on any atom is 0.222 e. The van der Waals surface area contributed by atoms with E-state index in [1.807, 2.05) is 4.90 Å². The number of benzene rings is 1. The van der Waals surface area contributed by atoms with Crippen LogP contribution >= 0.6 is 0 Å². The summed E-state index contributed by atoms with van der Waals surface area (Å²) in [6.07, 6.45) is 1.48. The molecule has 0 N–H and O–H groups in total. The summed E-state index contributed by atoms with van der Waals surface area (Å²) in [5, 5.41) is 0. The molecule has 3 nitrogen and oxygen atoms in total. The summed E-state index contributed by atoms with van der Waals surface area (Å²) in [6, 6.07) is 8.68. The van der Waals surface area contributed by atoms with E-state index in [0.29, 0.717) is 18.2 Å². The second-order valence-electron chi connectivity index (χ2n) is 6.08. The van der Waals surface area contributed by atoms with Crippen molar-refractivity contribution in [3.8, 4) is 0 Å². The van der Waals surface area contributed by atoms with Crippen molar-refractivity contribution in [2.24, 2.45) is 0 Å². The Morgan fingerprint density at radius 1 is 1.10 bits per heavy atom. The van der Waals surface area contributed by atoms with Crippen molar-refractivity contribution >= 4 is 5.91 Å². The van der Waals surface area contributed by atoms with Gasteiger partial charge in [-0.25, -0.2) is 0 Å². The maximum atomic E-state index is 12.2. The Kier molecular flexibility index (Phi) is 5.18. The molecule has 1 saturated heterocycles. The van der Waals surface area contributed by atoms with Gasteiger partial charge in [0, 0.05) is 32.6 Å². The summed E-state index contributed by atoms with van der Waals surface area (Å²) in [5.74, 6) is 0.863. The lowest BCUT2D eigenvalue weighted by molar-refractivity contribution is -0.132. The fourth-order valence-corrected chi connectivity index (χ4v) is 2.53. The van der Waals surface area contributed by atoms with Crippen LogP contribution in [-0.4, -0.2) is 48.9 Å². The molecule has 0 saturated carbocycles. The molecule has 1 aliphatic heterocycles. The number of carbonyl (C=O) groups excluding carboxylic acids is 1. The van der Waals surface area contributed by atoms with Crippen LogP contribution in [0.1, 0.15) is 37.3 Å². The van der Waals surface area contributed by atoms with Gasteiger partial charge in [-0.3, -0.25) is 4.79 Å².